The van der Waals surface area contributed by atoms with Crippen LogP contribution in [0.1, 0.15) is 12.5 Å². The number of nitriles is 1. The first kappa shape index (κ1) is 15.6. The van der Waals surface area contributed by atoms with Crippen molar-refractivity contribution >= 4 is 22.4 Å². The predicted molar refractivity (Wildman–Crippen MR) is 93.8 cm³/mol. The lowest BCUT2D eigenvalue weighted by Gasteiger charge is -2.16. The van der Waals surface area contributed by atoms with Gasteiger partial charge in [0.25, 0.3) is 5.91 Å². The zero-order valence-electron chi connectivity index (χ0n) is 13.2. The van der Waals surface area contributed by atoms with Gasteiger partial charge in [-0.2, -0.15) is 5.26 Å². The van der Waals surface area contributed by atoms with E-state index in [-0.39, 0.29) is 5.91 Å². The number of hydrogen-bond donors (Lipinski definition) is 1. The fraction of sp³-hybridized carbons (Fsp3) is 0.100. The van der Waals surface area contributed by atoms with Crippen molar-refractivity contribution in [3.63, 3.8) is 0 Å². The van der Waals surface area contributed by atoms with E-state index in [1.54, 1.807) is 31.2 Å². The number of ether oxygens (including phenoxy) is 1. The Labute approximate surface area is 140 Å². The second-order valence-electron chi connectivity index (χ2n) is 5.42. The first-order valence-corrected chi connectivity index (χ1v) is 7.63. The molecule has 1 amide bonds. The van der Waals surface area contributed by atoms with Gasteiger partial charge in [-0.05, 0) is 42.6 Å². The summed E-state index contributed by atoms with van der Waals surface area (Å²) in [7, 11) is 0. The molecule has 3 rings (SSSR count). The second kappa shape index (κ2) is 6.84. The van der Waals surface area contributed by atoms with Crippen LogP contribution in [-0.4, -0.2) is 12.0 Å². The van der Waals surface area contributed by atoms with Crippen molar-refractivity contribution in [1.29, 1.82) is 5.26 Å². The smallest absolute Gasteiger partial charge is 0.265 e. The summed E-state index contributed by atoms with van der Waals surface area (Å²) in [6.45, 7) is 1.71. The third kappa shape index (κ3) is 3.36. The predicted octanol–water partition coefficient (Wildman–Crippen LogP) is 4.12. The maximum Gasteiger partial charge on any atom is 0.265 e. The highest BCUT2D eigenvalue weighted by Gasteiger charge is 2.16. The van der Waals surface area contributed by atoms with Crippen molar-refractivity contribution in [2.75, 3.05) is 5.32 Å². The molecule has 4 nitrogen and oxygen atoms in total. The van der Waals surface area contributed by atoms with E-state index in [0.717, 1.165) is 10.8 Å². The molecule has 118 valence electrons. The monoisotopic (exact) mass is 316 g/mol. The highest BCUT2D eigenvalue weighted by atomic mass is 16.5. The Balaban J connectivity index is 1.72. The van der Waals surface area contributed by atoms with Crippen LogP contribution in [0.3, 0.4) is 0 Å². The fourth-order valence-corrected chi connectivity index (χ4v) is 2.41. The van der Waals surface area contributed by atoms with E-state index in [1.165, 1.54) is 0 Å². The van der Waals surface area contributed by atoms with Gasteiger partial charge in [0.05, 0.1) is 11.6 Å². The molecule has 0 heterocycles. The Morgan fingerprint density at radius 3 is 2.50 bits per heavy atom. The van der Waals surface area contributed by atoms with Gasteiger partial charge >= 0.3 is 0 Å². The molecule has 0 aliphatic carbocycles. The number of nitrogens with zero attached hydrogens (tertiary/aromatic N) is 1. The average Bonchev–Trinajstić information content (AvgIpc) is 2.62. The molecular formula is C20H16N2O2. The molecule has 0 aromatic heterocycles. The number of amides is 1. The van der Waals surface area contributed by atoms with E-state index >= 15 is 0 Å². The SMILES string of the molecule is C[C@H](Oc1cccc2ccccc12)C(=O)Nc1ccc(C#N)cc1. The van der Waals surface area contributed by atoms with Gasteiger partial charge in [-0.15, -0.1) is 0 Å². The van der Waals surface area contributed by atoms with Crippen LogP contribution < -0.4 is 10.1 Å². The minimum atomic E-state index is -0.647. The standard InChI is InChI=1S/C20H16N2O2/c1-14(20(23)22-17-11-9-15(13-21)10-12-17)24-19-8-4-6-16-5-2-3-7-18(16)19/h2-12,14H,1H3,(H,22,23)/t14-/m0/s1. The van der Waals surface area contributed by atoms with E-state index in [1.807, 2.05) is 48.5 Å². The normalized spacial score (nSPS) is 11.5. The molecule has 4 heteroatoms. The zero-order valence-corrected chi connectivity index (χ0v) is 13.2. The minimum Gasteiger partial charge on any atom is -0.480 e. The van der Waals surface area contributed by atoms with Crippen LogP contribution >= 0.6 is 0 Å². The van der Waals surface area contributed by atoms with Crippen LogP contribution in [0.2, 0.25) is 0 Å². The maximum atomic E-state index is 12.3. The molecule has 1 N–H and O–H groups in total. The van der Waals surface area contributed by atoms with Gasteiger partial charge in [0.2, 0.25) is 0 Å². The van der Waals surface area contributed by atoms with Gasteiger partial charge in [-0.25, -0.2) is 0 Å². The van der Waals surface area contributed by atoms with Gasteiger partial charge in [-0.3, -0.25) is 4.79 Å². The molecule has 0 bridgehead atoms. The Bertz CT molecular complexity index is 906. The molecule has 0 aliphatic heterocycles. The van der Waals surface area contributed by atoms with Crippen LogP contribution in [-0.2, 0) is 4.79 Å². The quantitative estimate of drug-likeness (QED) is 0.787. The summed E-state index contributed by atoms with van der Waals surface area (Å²) in [6, 6.07) is 22.4. The molecule has 3 aromatic carbocycles. The molecule has 3 aromatic rings. The molecule has 0 fully saturated rings. The highest BCUT2D eigenvalue weighted by Crippen LogP contribution is 2.26. The Kier molecular flexibility index (Phi) is 4.44. The highest BCUT2D eigenvalue weighted by molar-refractivity contribution is 5.95. The first-order chi connectivity index (χ1) is 11.7. The number of hydrogen-bond acceptors (Lipinski definition) is 3. The lowest BCUT2D eigenvalue weighted by atomic mass is 10.1. The van der Waals surface area contributed by atoms with Gasteiger partial charge in [0.15, 0.2) is 6.10 Å². The van der Waals surface area contributed by atoms with Crippen molar-refractivity contribution in [3.05, 3.63) is 72.3 Å². The third-order valence-electron chi connectivity index (χ3n) is 3.70. The van der Waals surface area contributed by atoms with Gasteiger partial charge < -0.3 is 10.1 Å². The Morgan fingerprint density at radius 1 is 1.04 bits per heavy atom. The lowest BCUT2D eigenvalue weighted by molar-refractivity contribution is -0.122. The number of nitrogens with one attached hydrogen (secondary N) is 1. The maximum absolute atomic E-state index is 12.3. The third-order valence-corrected chi connectivity index (χ3v) is 3.70. The first-order valence-electron chi connectivity index (χ1n) is 7.63. The summed E-state index contributed by atoms with van der Waals surface area (Å²) in [5.41, 5.74) is 1.18. The lowest BCUT2D eigenvalue weighted by Crippen LogP contribution is -2.30. The number of fused-ring (bicyclic) bond motifs is 1. The van der Waals surface area contributed by atoms with E-state index in [4.69, 9.17) is 10.00 Å². The fourth-order valence-electron chi connectivity index (χ4n) is 2.41. The van der Waals surface area contributed by atoms with Crippen LogP contribution in [0.15, 0.2) is 66.7 Å². The number of anilines is 1. The van der Waals surface area contributed by atoms with Crippen LogP contribution in [0.5, 0.6) is 5.75 Å². The molecule has 24 heavy (non-hydrogen) atoms. The Morgan fingerprint density at radius 2 is 1.75 bits per heavy atom. The minimum absolute atomic E-state index is 0.243. The van der Waals surface area contributed by atoms with Crippen molar-refractivity contribution < 1.29 is 9.53 Å². The van der Waals surface area contributed by atoms with Gasteiger partial charge in [-0.1, -0.05) is 36.4 Å². The van der Waals surface area contributed by atoms with Crippen molar-refractivity contribution in [2.24, 2.45) is 0 Å². The molecule has 0 radical (unpaired) electrons. The van der Waals surface area contributed by atoms with Crippen molar-refractivity contribution in [1.82, 2.24) is 0 Å². The second-order valence-corrected chi connectivity index (χ2v) is 5.42. The van der Waals surface area contributed by atoms with E-state index in [0.29, 0.717) is 17.0 Å². The number of rotatable bonds is 4. The largest absolute Gasteiger partial charge is 0.480 e. The summed E-state index contributed by atoms with van der Waals surface area (Å²) < 4.78 is 5.84. The summed E-state index contributed by atoms with van der Waals surface area (Å²) >= 11 is 0. The molecule has 0 aliphatic rings. The van der Waals surface area contributed by atoms with Gasteiger partial charge in [0, 0.05) is 11.1 Å². The number of benzene rings is 3. The molecule has 0 unspecified atom stereocenters. The molecule has 0 spiro atoms. The number of carbonyl (C=O) groups excluding carboxylic acids is 1. The van der Waals surface area contributed by atoms with Crippen molar-refractivity contribution in [2.45, 2.75) is 13.0 Å². The Hall–Kier alpha value is -3.32. The zero-order chi connectivity index (χ0) is 16.9. The molecular weight excluding hydrogens is 300 g/mol. The average molecular weight is 316 g/mol. The van der Waals surface area contributed by atoms with Crippen LogP contribution in [0, 0.1) is 11.3 Å². The van der Waals surface area contributed by atoms with E-state index in [2.05, 4.69) is 5.32 Å². The van der Waals surface area contributed by atoms with Crippen LogP contribution in [0.4, 0.5) is 5.69 Å². The molecule has 0 saturated heterocycles. The topological polar surface area (TPSA) is 62.1 Å². The van der Waals surface area contributed by atoms with Crippen LogP contribution in [0.25, 0.3) is 10.8 Å². The van der Waals surface area contributed by atoms with E-state index in [9.17, 15) is 4.79 Å². The summed E-state index contributed by atoms with van der Waals surface area (Å²) in [4.78, 5) is 12.3. The summed E-state index contributed by atoms with van der Waals surface area (Å²) in [5, 5.41) is 13.6. The van der Waals surface area contributed by atoms with Gasteiger partial charge in [0.1, 0.15) is 5.75 Å². The summed E-state index contributed by atoms with van der Waals surface area (Å²) in [6.07, 6.45) is -0.647. The molecule has 1 atom stereocenters. The summed E-state index contributed by atoms with van der Waals surface area (Å²) in [5.74, 6) is 0.434. The van der Waals surface area contributed by atoms with E-state index < -0.39 is 6.10 Å². The number of carbonyl (C=O) groups is 1. The van der Waals surface area contributed by atoms with Crippen molar-refractivity contribution in [3.8, 4) is 11.8 Å². The molecule has 0 saturated carbocycles.